The second-order valence-electron chi connectivity index (χ2n) is 3.31. The van der Waals surface area contributed by atoms with Gasteiger partial charge in [0, 0.05) is 24.3 Å². The van der Waals surface area contributed by atoms with Gasteiger partial charge in [-0.05, 0) is 11.6 Å². The standard InChI is InChI=1S/C10H14ClNSi/c1-7(13)8-5-4-6-9(11)10(8)12(2)3/h4-6H,1H2,2-3,13H3. The van der Waals surface area contributed by atoms with Crippen molar-refractivity contribution in [2.24, 2.45) is 0 Å². The first-order valence-corrected chi connectivity index (χ1v) is 5.53. The highest BCUT2D eigenvalue weighted by Gasteiger charge is 2.08. The third kappa shape index (κ3) is 2.14. The number of anilines is 1. The Morgan fingerprint density at radius 3 is 2.46 bits per heavy atom. The zero-order valence-corrected chi connectivity index (χ0v) is 11.0. The molecule has 70 valence electrons. The molecule has 0 spiro atoms. The number of halogens is 1. The summed E-state index contributed by atoms with van der Waals surface area (Å²) in [6.07, 6.45) is 0. The summed E-state index contributed by atoms with van der Waals surface area (Å²) in [4.78, 5) is 2.03. The first-order chi connectivity index (χ1) is 6.04. The number of para-hydroxylation sites is 1. The van der Waals surface area contributed by atoms with Crippen LogP contribution in [-0.4, -0.2) is 24.3 Å². The van der Waals surface area contributed by atoms with Crippen molar-refractivity contribution in [2.75, 3.05) is 19.0 Å². The second-order valence-corrected chi connectivity index (χ2v) is 4.93. The summed E-state index contributed by atoms with van der Waals surface area (Å²) in [6, 6.07) is 5.94. The van der Waals surface area contributed by atoms with Gasteiger partial charge < -0.3 is 4.90 Å². The Labute approximate surface area is 87.4 Å². The van der Waals surface area contributed by atoms with Crippen LogP contribution in [0.15, 0.2) is 24.8 Å². The van der Waals surface area contributed by atoms with E-state index in [0.29, 0.717) is 0 Å². The van der Waals surface area contributed by atoms with Crippen molar-refractivity contribution in [1.29, 1.82) is 0 Å². The van der Waals surface area contributed by atoms with Crippen molar-refractivity contribution < 1.29 is 0 Å². The minimum absolute atomic E-state index is 0.791. The predicted molar refractivity (Wildman–Crippen MR) is 64.8 cm³/mol. The van der Waals surface area contributed by atoms with Crippen molar-refractivity contribution in [2.45, 2.75) is 0 Å². The van der Waals surface area contributed by atoms with Gasteiger partial charge in [0.05, 0.1) is 10.7 Å². The summed E-state index contributed by atoms with van der Waals surface area (Å²) in [5, 5.41) is 1.96. The van der Waals surface area contributed by atoms with Crippen LogP contribution < -0.4 is 4.90 Å². The van der Waals surface area contributed by atoms with Crippen molar-refractivity contribution in [3.8, 4) is 0 Å². The van der Waals surface area contributed by atoms with Gasteiger partial charge in [0.1, 0.15) is 0 Å². The Morgan fingerprint density at radius 2 is 2.08 bits per heavy atom. The first kappa shape index (κ1) is 10.3. The van der Waals surface area contributed by atoms with Gasteiger partial charge in [0.2, 0.25) is 0 Å². The molecule has 0 bridgehead atoms. The number of hydrogen-bond acceptors (Lipinski definition) is 1. The van der Waals surface area contributed by atoms with E-state index in [4.69, 9.17) is 11.6 Å². The van der Waals surface area contributed by atoms with Gasteiger partial charge in [0.15, 0.2) is 0 Å². The molecular formula is C10H14ClNSi. The molecule has 0 N–H and O–H groups in total. The van der Waals surface area contributed by atoms with E-state index in [9.17, 15) is 0 Å². The van der Waals surface area contributed by atoms with Crippen molar-refractivity contribution >= 4 is 32.7 Å². The summed E-state index contributed by atoms with van der Waals surface area (Å²) < 4.78 is 0. The molecule has 0 saturated heterocycles. The minimum atomic E-state index is 0.791. The Balaban J connectivity index is 3.34. The van der Waals surface area contributed by atoms with Crippen LogP contribution in [0.3, 0.4) is 0 Å². The number of hydrogen-bond donors (Lipinski definition) is 0. The average molecular weight is 212 g/mol. The van der Waals surface area contributed by atoms with E-state index < -0.39 is 0 Å². The van der Waals surface area contributed by atoms with Crippen LogP contribution in [-0.2, 0) is 0 Å². The Hall–Kier alpha value is -0.733. The predicted octanol–water partition coefficient (Wildman–Crippen LogP) is 1.74. The van der Waals surface area contributed by atoms with E-state index in [1.807, 2.05) is 31.1 Å². The molecule has 0 aliphatic rings. The van der Waals surface area contributed by atoms with Gasteiger partial charge in [0.25, 0.3) is 0 Å². The lowest BCUT2D eigenvalue weighted by Gasteiger charge is -2.19. The van der Waals surface area contributed by atoms with Crippen LogP contribution in [0.1, 0.15) is 5.56 Å². The summed E-state index contributed by atoms with van der Waals surface area (Å²) >= 11 is 6.10. The van der Waals surface area contributed by atoms with E-state index in [2.05, 4.69) is 12.6 Å². The van der Waals surface area contributed by atoms with Crippen molar-refractivity contribution in [3.63, 3.8) is 0 Å². The topological polar surface area (TPSA) is 3.24 Å². The zero-order chi connectivity index (χ0) is 10.0. The SMILES string of the molecule is C=C([SiH3])c1cccc(Cl)c1N(C)C. The van der Waals surface area contributed by atoms with Gasteiger partial charge in [-0.1, -0.05) is 28.9 Å². The molecule has 1 nitrogen and oxygen atoms in total. The third-order valence-electron chi connectivity index (χ3n) is 1.89. The maximum Gasteiger partial charge on any atom is 0.0645 e. The molecule has 0 aliphatic heterocycles. The monoisotopic (exact) mass is 211 g/mol. The van der Waals surface area contributed by atoms with Crippen LogP contribution in [0.4, 0.5) is 5.69 Å². The van der Waals surface area contributed by atoms with E-state index in [0.717, 1.165) is 21.0 Å². The highest BCUT2D eigenvalue weighted by molar-refractivity contribution is 6.43. The molecule has 0 atom stereocenters. The molecular weight excluding hydrogens is 198 g/mol. The second kappa shape index (κ2) is 3.98. The van der Waals surface area contributed by atoms with Gasteiger partial charge >= 0.3 is 0 Å². The van der Waals surface area contributed by atoms with E-state index in [-0.39, 0.29) is 0 Å². The zero-order valence-electron chi connectivity index (χ0n) is 8.26. The quantitative estimate of drug-likeness (QED) is 0.674. The van der Waals surface area contributed by atoms with Crippen molar-refractivity contribution in [3.05, 3.63) is 35.4 Å². The molecule has 1 aromatic carbocycles. The number of rotatable bonds is 2. The Bertz CT molecular complexity index is 334. The smallest absolute Gasteiger partial charge is 0.0645 e. The largest absolute Gasteiger partial charge is 0.376 e. The third-order valence-corrected chi connectivity index (χ3v) is 2.74. The van der Waals surface area contributed by atoms with Crippen molar-refractivity contribution in [1.82, 2.24) is 0 Å². The fourth-order valence-corrected chi connectivity index (χ4v) is 2.06. The molecule has 0 heterocycles. The van der Waals surface area contributed by atoms with Crippen LogP contribution >= 0.6 is 11.6 Å². The van der Waals surface area contributed by atoms with Crippen LogP contribution in [0.25, 0.3) is 5.20 Å². The molecule has 0 unspecified atom stereocenters. The molecule has 0 radical (unpaired) electrons. The van der Waals surface area contributed by atoms with Crippen LogP contribution in [0.2, 0.25) is 5.02 Å². The van der Waals surface area contributed by atoms with E-state index >= 15 is 0 Å². The van der Waals surface area contributed by atoms with Gasteiger partial charge in [-0.2, -0.15) is 0 Å². The fraction of sp³-hybridized carbons (Fsp3) is 0.200. The highest BCUT2D eigenvalue weighted by Crippen LogP contribution is 2.31. The first-order valence-electron chi connectivity index (χ1n) is 4.15. The average Bonchev–Trinajstić information content (AvgIpc) is 2.02. The molecule has 0 fully saturated rings. The molecule has 0 aromatic heterocycles. The van der Waals surface area contributed by atoms with Crippen LogP contribution in [0.5, 0.6) is 0 Å². The summed E-state index contributed by atoms with van der Waals surface area (Å²) in [7, 11) is 4.96. The molecule has 1 aromatic rings. The summed E-state index contributed by atoms with van der Waals surface area (Å²) in [5.74, 6) is 0. The molecule has 13 heavy (non-hydrogen) atoms. The van der Waals surface area contributed by atoms with Gasteiger partial charge in [-0.25, -0.2) is 0 Å². The molecule has 3 heteroatoms. The maximum absolute atomic E-state index is 6.10. The van der Waals surface area contributed by atoms with Gasteiger partial charge in [-0.15, -0.1) is 6.58 Å². The minimum Gasteiger partial charge on any atom is -0.376 e. The number of nitrogens with zero attached hydrogens (tertiary/aromatic N) is 1. The van der Waals surface area contributed by atoms with Crippen LogP contribution in [0, 0.1) is 0 Å². The van der Waals surface area contributed by atoms with Gasteiger partial charge in [-0.3, -0.25) is 0 Å². The molecule has 0 saturated carbocycles. The highest BCUT2D eigenvalue weighted by atomic mass is 35.5. The summed E-state index contributed by atoms with van der Waals surface area (Å²) in [5.41, 5.74) is 2.24. The molecule has 0 aliphatic carbocycles. The Kier molecular flexibility index (Phi) is 3.17. The van der Waals surface area contributed by atoms with E-state index in [1.165, 1.54) is 10.8 Å². The molecule has 0 amide bonds. The lowest BCUT2D eigenvalue weighted by atomic mass is 10.1. The van der Waals surface area contributed by atoms with E-state index in [1.54, 1.807) is 0 Å². The Morgan fingerprint density at radius 1 is 1.46 bits per heavy atom. The number of benzene rings is 1. The summed E-state index contributed by atoms with van der Waals surface area (Å²) in [6.45, 7) is 3.99. The lowest BCUT2D eigenvalue weighted by molar-refractivity contribution is 1.13. The fourth-order valence-electron chi connectivity index (χ4n) is 1.31. The normalized spacial score (nSPS) is 10.1. The maximum atomic E-state index is 6.10. The lowest BCUT2D eigenvalue weighted by Crippen LogP contribution is -2.11. The molecule has 1 rings (SSSR count).